The maximum Gasteiger partial charge on any atom is 0.328 e. The molecule has 0 rings (SSSR count). The zero-order valence-electron chi connectivity index (χ0n) is 14.4. The molecule has 0 aliphatic heterocycles. The van der Waals surface area contributed by atoms with Crippen LogP contribution >= 0.6 is 0 Å². The van der Waals surface area contributed by atoms with Crippen LogP contribution in [0.3, 0.4) is 0 Å². The molecule has 0 saturated heterocycles. The van der Waals surface area contributed by atoms with E-state index in [2.05, 4.69) is 10.6 Å². The Bertz CT molecular complexity index is 425. The second-order valence-corrected chi connectivity index (χ2v) is 6.21. The van der Waals surface area contributed by atoms with Gasteiger partial charge in [0.1, 0.15) is 6.04 Å². The zero-order chi connectivity index (χ0) is 18.3. The summed E-state index contributed by atoms with van der Waals surface area (Å²) in [6.45, 7) is 8.45. The highest BCUT2D eigenvalue weighted by molar-refractivity contribution is 5.92. The summed E-state index contributed by atoms with van der Waals surface area (Å²) in [6.07, 6.45) is -0.543. The normalized spacial score (nSPS) is 17.7. The number of carbonyl (C=O) groups excluding carboxylic acids is 2. The molecule has 0 aliphatic rings. The van der Waals surface area contributed by atoms with Crippen LogP contribution in [0, 0.1) is 11.8 Å². The van der Waals surface area contributed by atoms with E-state index in [1.54, 1.807) is 13.8 Å². The summed E-state index contributed by atoms with van der Waals surface area (Å²) in [5.41, 5.74) is 5.84. The predicted octanol–water partition coefficient (Wildman–Crippen LogP) is -0.549. The Morgan fingerprint density at radius 3 is 1.83 bits per heavy atom. The minimum absolute atomic E-state index is 0.0462. The lowest BCUT2D eigenvalue weighted by Crippen LogP contribution is -2.58. The first-order valence-electron chi connectivity index (χ1n) is 7.80. The van der Waals surface area contributed by atoms with Crippen molar-refractivity contribution < 1.29 is 24.6 Å². The number of nitrogens with one attached hydrogen (secondary N) is 2. The lowest BCUT2D eigenvalue weighted by atomic mass is 9.97. The number of rotatable bonds is 9. The van der Waals surface area contributed by atoms with Crippen molar-refractivity contribution in [1.82, 2.24) is 10.6 Å². The third-order valence-corrected chi connectivity index (χ3v) is 3.85. The number of hydrogen-bond donors (Lipinski definition) is 5. The summed E-state index contributed by atoms with van der Waals surface area (Å²) in [7, 11) is 0. The smallest absolute Gasteiger partial charge is 0.328 e. The van der Waals surface area contributed by atoms with Gasteiger partial charge in [-0.1, -0.05) is 34.1 Å². The highest BCUT2D eigenvalue weighted by Crippen LogP contribution is 2.08. The van der Waals surface area contributed by atoms with Crippen molar-refractivity contribution in [2.24, 2.45) is 17.6 Å². The number of carboxylic acids is 1. The Labute approximate surface area is 136 Å². The SMILES string of the molecule is CC[C@H](C)[C@H](N)C(=O)N[C@H](C(=O)N[C@H](C(=O)O)[C@@H](C)O)C(C)C. The predicted molar refractivity (Wildman–Crippen MR) is 85.4 cm³/mol. The first-order chi connectivity index (χ1) is 10.5. The highest BCUT2D eigenvalue weighted by atomic mass is 16.4. The maximum atomic E-state index is 12.3. The van der Waals surface area contributed by atoms with Crippen LogP contribution in [0.15, 0.2) is 0 Å². The molecule has 0 unspecified atom stereocenters. The first kappa shape index (κ1) is 21.3. The standard InChI is InChI=1S/C15H29N3O5/c1-6-8(4)10(16)13(20)17-11(7(2)3)14(21)18-12(9(5)19)15(22)23/h7-12,19H,6,16H2,1-5H3,(H,17,20)(H,18,21)(H,22,23)/t8-,9+,10-,11-,12-/m0/s1. The lowest BCUT2D eigenvalue weighted by Gasteiger charge is -2.27. The molecular formula is C15H29N3O5. The minimum Gasteiger partial charge on any atom is -0.480 e. The van der Waals surface area contributed by atoms with Crippen LogP contribution in [-0.4, -0.2) is 52.2 Å². The van der Waals surface area contributed by atoms with Crippen LogP contribution in [-0.2, 0) is 14.4 Å². The van der Waals surface area contributed by atoms with Gasteiger partial charge < -0.3 is 26.6 Å². The average molecular weight is 331 g/mol. The molecule has 6 N–H and O–H groups in total. The second-order valence-electron chi connectivity index (χ2n) is 6.21. The molecule has 5 atom stereocenters. The molecule has 0 aromatic carbocycles. The summed E-state index contributed by atoms with van der Waals surface area (Å²) in [6, 6.07) is -3.12. The number of aliphatic hydroxyl groups is 1. The van der Waals surface area contributed by atoms with E-state index in [-0.39, 0.29) is 11.8 Å². The van der Waals surface area contributed by atoms with Crippen LogP contribution in [0.4, 0.5) is 0 Å². The number of hydrogen-bond acceptors (Lipinski definition) is 5. The third-order valence-electron chi connectivity index (χ3n) is 3.85. The molecule has 134 valence electrons. The summed E-state index contributed by atoms with van der Waals surface area (Å²) < 4.78 is 0. The Kier molecular flexibility index (Phi) is 8.78. The monoisotopic (exact) mass is 331 g/mol. The van der Waals surface area contributed by atoms with Crippen LogP contribution in [0.1, 0.15) is 41.0 Å². The van der Waals surface area contributed by atoms with E-state index in [9.17, 15) is 19.5 Å². The summed E-state index contributed by atoms with van der Waals surface area (Å²) in [4.78, 5) is 35.4. The molecule has 8 heteroatoms. The van der Waals surface area contributed by atoms with Crippen LogP contribution in [0.2, 0.25) is 0 Å². The van der Waals surface area contributed by atoms with Gasteiger partial charge in [-0.2, -0.15) is 0 Å². The van der Waals surface area contributed by atoms with E-state index >= 15 is 0 Å². The molecular weight excluding hydrogens is 302 g/mol. The Hall–Kier alpha value is -1.67. The van der Waals surface area contributed by atoms with Gasteiger partial charge in [0.2, 0.25) is 11.8 Å². The van der Waals surface area contributed by atoms with E-state index in [4.69, 9.17) is 10.8 Å². The van der Waals surface area contributed by atoms with Crippen LogP contribution < -0.4 is 16.4 Å². The topological polar surface area (TPSA) is 142 Å². The zero-order valence-corrected chi connectivity index (χ0v) is 14.4. The fourth-order valence-corrected chi connectivity index (χ4v) is 1.93. The molecule has 0 radical (unpaired) electrons. The highest BCUT2D eigenvalue weighted by Gasteiger charge is 2.32. The van der Waals surface area contributed by atoms with Crippen molar-refractivity contribution in [3.8, 4) is 0 Å². The quantitative estimate of drug-likeness (QED) is 0.384. The van der Waals surface area contributed by atoms with Crippen molar-refractivity contribution in [1.29, 1.82) is 0 Å². The fourth-order valence-electron chi connectivity index (χ4n) is 1.93. The molecule has 8 nitrogen and oxygen atoms in total. The Morgan fingerprint density at radius 2 is 1.48 bits per heavy atom. The molecule has 2 amide bonds. The van der Waals surface area contributed by atoms with Gasteiger partial charge in [0.25, 0.3) is 0 Å². The molecule has 0 aromatic heterocycles. The van der Waals surface area contributed by atoms with Gasteiger partial charge in [-0.3, -0.25) is 9.59 Å². The molecule has 0 fully saturated rings. The van der Waals surface area contributed by atoms with E-state index in [0.29, 0.717) is 0 Å². The van der Waals surface area contributed by atoms with Crippen molar-refractivity contribution >= 4 is 17.8 Å². The number of nitrogens with two attached hydrogens (primary N) is 1. The molecule has 0 bridgehead atoms. The number of carboxylic acid groups (broad SMARTS) is 1. The number of aliphatic carboxylic acids is 1. The molecule has 0 spiro atoms. The van der Waals surface area contributed by atoms with Crippen LogP contribution in [0.5, 0.6) is 0 Å². The molecule has 0 saturated carbocycles. The van der Waals surface area contributed by atoms with Crippen molar-refractivity contribution in [3.63, 3.8) is 0 Å². The third kappa shape index (κ3) is 6.54. The molecule has 0 heterocycles. The summed E-state index contributed by atoms with van der Waals surface area (Å²) in [5, 5.41) is 23.2. The summed E-state index contributed by atoms with van der Waals surface area (Å²) in [5.74, 6) is -2.80. The van der Waals surface area contributed by atoms with Gasteiger partial charge in [0.05, 0.1) is 12.1 Å². The van der Waals surface area contributed by atoms with Gasteiger partial charge in [0, 0.05) is 0 Å². The number of amides is 2. The van der Waals surface area contributed by atoms with Crippen LogP contribution in [0.25, 0.3) is 0 Å². The summed E-state index contributed by atoms with van der Waals surface area (Å²) >= 11 is 0. The first-order valence-corrected chi connectivity index (χ1v) is 7.80. The van der Waals surface area contributed by atoms with E-state index < -0.39 is 42.0 Å². The lowest BCUT2D eigenvalue weighted by molar-refractivity contribution is -0.145. The van der Waals surface area contributed by atoms with Crippen molar-refractivity contribution in [3.05, 3.63) is 0 Å². The minimum atomic E-state index is -1.44. The Balaban J connectivity index is 5.01. The van der Waals surface area contributed by atoms with Gasteiger partial charge in [-0.25, -0.2) is 4.79 Å². The number of carbonyl (C=O) groups is 3. The molecule has 23 heavy (non-hydrogen) atoms. The molecule has 0 aromatic rings. The maximum absolute atomic E-state index is 12.3. The van der Waals surface area contributed by atoms with Gasteiger partial charge >= 0.3 is 5.97 Å². The second kappa shape index (κ2) is 9.46. The van der Waals surface area contributed by atoms with Gasteiger partial charge in [0.15, 0.2) is 6.04 Å². The average Bonchev–Trinajstić information content (AvgIpc) is 2.46. The van der Waals surface area contributed by atoms with Gasteiger partial charge in [-0.15, -0.1) is 0 Å². The van der Waals surface area contributed by atoms with Crippen molar-refractivity contribution in [2.75, 3.05) is 0 Å². The van der Waals surface area contributed by atoms with E-state index in [1.807, 2.05) is 13.8 Å². The largest absolute Gasteiger partial charge is 0.480 e. The number of aliphatic hydroxyl groups excluding tert-OH is 1. The van der Waals surface area contributed by atoms with Gasteiger partial charge in [-0.05, 0) is 18.8 Å². The fraction of sp³-hybridized carbons (Fsp3) is 0.800. The van der Waals surface area contributed by atoms with Crippen molar-refractivity contribution in [2.45, 2.75) is 65.3 Å². The van der Waals surface area contributed by atoms with E-state index in [1.165, 1.54) is 6.92 Å². The van der Waals surface area contributed by atoms with E-state index in [0.717, 1.165) is 6.42 Å². The Morgan fingerprint density at radius 1 is 1.00 bits per heavy atom. The molecule has 0 aliphatic carbocycles.